The zero-order valence-electron chi connectivity index (χ0n) is 11.0. The van der Waals surface area contributed by atoms with E-state index in [9.17, 15) is 0 Å². The lowest BCUT2D eigenvalue weighted by molar-refractivity contribution is 0.911. The summed E-state index contributed by atoms with van der Waals surface area (Å²) in [7, 11) is 0. The lowest BCUT2D eigenvalue weighted by atomic mass is 10.1. The van der Waals surface area contributed by atoms with E-state index in [1.54, 1.807) is 0 Å². The Labute approximate surface area is 135 Å². The van der Waals surface area contributed by atoms with E-state index in [4.69, 9.17) is 11.6 Å². The Bertz CT molecular complexity index is 742. The Morgan fingerprint density at radius 3 is 2.71 bits per heavy atom. The molecule has 0 aliphatic heterocycles. The molecule has 0 radical (unpaired) electrons. The van der Waals surface area contributed by atoms with E-state index in [1.165, 1.54) is 0 Å². The molecular formula is C15H12BrClN4. The van der Waals surface area contributed by atoms with Crippen molar-refractivity contribution in [1.82, 2.24) is 15.4 Å². The summed E-state index contributed by atoms with van der Waals surface area (Å²) in [5.41, 5.74) is 3.66. The third-order valence-electron chi connectivity index (χ3n) is 3.04. The molecule has 0 aliphatic rings. The molecule has 1 heterocycles. The minimum Gasteiger partial charge on any atom is -0.378 e. The average molecular weight is 364 g/mol. The van der Waals surface area contributed by atoms with Crippen molar-refractivity contribution in [2.45, 2.75) is 6.54 Å². The van der Waals surface area contributed by atoms with Gasteiger partial charge in [-0.15, -0.1) is 0 Å². The predicted octanol–water partition coefficient (Wildman–Crippen LogP) is 4.50. The van der Waals surface area contributed by atoms with Gasteiger partial charge in [0.05, 0.1) is 12.2 Å². The summed E-state index contributed by atoms with van der Waals surface area (Å²) in [5.74, 6) is 0. The predicted molar refractivity (Wildman–Crippen MR) is 88.3 cm³/mol. The van der Waals surface area contributed by atoms with E-state index in [0.717, 1.165) is 27.1 Å². The standard InChI is InChI=1S/C15H12BrClN4/c16-12-7-6-11(17)8-13(12)18-9-14-15(20-21-19-14)10-4-2-1-3-5-10/h1-8,18H,9H2,(H,19,20,21). The topological polar surface area (TPSA) is 53.6 Å². The molecule has 2 aromatic carbocycles. The molecule has 4 nitrogen and oxygen atoms in total. The van der Waals surface area contributed by atoms with Crippen LogP contribution in [0.15, 0.2) is 53.0 Å². The molecule has 0 unspecified atom stereocenters. The number of halogens is 2. The van der Waals surface area contributed by atoms with Crippen molar-refractivity contribution in [3.63, 3.8) is 0 Å². The Balaban J connectivity index is 1.81. The van der Waals surface area contributed by atoms with Crippen LogP contribution in [0, 0.1) is 0 Å². The molecule has 0 saturated carbocycles. The molecule has 6 heteroatoms. The van der Waals surface area contributed by atoms with Crippen LogP contribution in [0.4, 0.5) is 5.69 Å². The smallest absolute Gasteiger partial charge is 0.117 e. The molecule has 106 valence electrons. The fraction of sp³-hybridized carbons (Fsp3) is 0.0667. The number of H-pyrrole nitrogens is 1. The molecule has 21 heavy (non-hydrogen) atoms. The second-order valence-electron chi connectivity index (χ2n) is 4.46. The van der Waals surface area contributed by atoms with E-state index in [-0.39, 0.29) is 0 Å². The average Bonchev–Trinajstić information content (AvgIpc) is 2.97. The molecule has 1 aromatic heterocycles. The molecule has 0 fully saturated rings. The molecule has 3 aromatic rings. The summed E-state index contributed by atoms with van der Waals surface area (Å²) in [4.78, 5) is 0. The van der Waals surface area contributed by atoms with Gasteiger partial charge in [-0.05, 0) is 34.1 Å². The number of nitrogens with one attached hydrogen (secondary N) is 2. The molecular weight excluding hydrogens is 352 g/mol. The first-order valence-electron chi connectivity index (χ1n) is 6.38. The maximum atomic E-state index is 6.01. The summed E-state index contributed by atoms with van der Waals surface area (Å²) in [6, 6.07) is 15.6. The number of benzene rings is 2. The zero-order chi connectivity index (χ0) is 14.7. The lowest BCUT2D eigenvalue weighted by Gasteiger charge is -2.08. The van der Waals surface area contributed by atoms with Gasteiger partial charge in [0.2, 0.25) is 0 Å². The van der Waals surface area contributed by atoms with Crippen LogP contribution in [0.1, 0.15) is 5.69 Å². The second kappa shape index (κ2) is 6.28. The maximum absolute atomic E-state index is 6.01. The van der Waals surface area contributed by atoms with Crippen molar-refractivity contribution in [2.24, 2.45) is 0 Å². The van der Waals surface area contributed by atoms with E-state index >= 15 is 0 Å². The van der Waals surface area contributed by atoms with Crippen molar-refractivity contribution in [3.05, 3.63) is 63.7 Å². The van der Waals surface area contributed by atoms with Gasteiger partial charge in [0, 0.05) is 15.1 Å². The monoisotopic (exact) mass is 362 g/mol. The summed E-state index contributed by atoms with van der Waals surface area (Å²) < 4.78 is 0.955. The first kappa shape index (κ1) is 14.1. The van der Waals surface area contributed by atoms with Crippen molar-refractivity contribution in [3.8, 4) is 11.3 Å². The van der Waals surface area contributed by atoms with Crippen LogP contribution < -0.4 is 5.32 Å². The van der Waals surface area contributed by atoms with E-state index in [1.807, 2.05) is 48.5 Å². The Kier molecular flexibility index (Phi) is 4.22. The molecule has 0 bridgehead atoms. The van der Waals surface area contributed by atoms with Crippen molar-refractivity contribution in [1.29, 1.82) is 0 Å². The zero-order valence-corrected chi connectivity index (χ0v) is 13.3. The van der Waals surface area contributed by atoms with Crippen LogP contribution in [0.3, 0.4) is 0 Å². The third-order valence-corrected chi connectivity index (χ3v) is 3.97. The highest BCUT2D eigenvalue weighted by Crippen LogP contribution is 2.27. The number of anilines is 1. The molecule has 0 saturated heterocycles. The number of aromatic nitrogens is 3. The molecule has 2 N–H and O–H groups in total. The van der Waals surface area contributed by atoms with E-state index < -0.39 is 0 Å². The fourth-order valence-electron chi connectivity index (χ4n) is 2.02. The van der Waals surface area contributed by atoms with Gasteiger partial charge in [-0.2, -0.15) is 15.4 Å². The Hall–Kier alpha value is -1.85. The molecule has 0 spiro atoms. The molecule has 0 atom stereocenters. The van der Waals surface area contributed by atoms with Gasteiger partial charge in [-0.25, -0.2) is 0 Å². The summed E-state index contributed by atoms with van der Waals surface area (Å²) in [6.07, 6.45) is 0. The van der Waals surface area contributed by atoms with Gasteiger partial charge >= 0.3 is 0 Å². The summed E-state index contributed by atoms with van der Waals surface area (Å²) in [5, 5.41) is 15.1. The Morgan fingerprint density at radius 2 is 1.90 bits per heavy atom. The van der Waals surface area contributed by atoms with Gasteiger partial charge in [0.15, 0.2) is 0 Å². The first-order chi connectivity index (χ1) is 10.2. The number of rotatable bonds is 4. The number of aromatic amines is 1. The van der Waals surface area contributed by atoms with Crippen molar-refractivity contribution >= 4 is 33.2 Å². The minimum absolute atomic E-state index is 0.555. The summed E-state index contributed by atoms with van der Waals surface area (Å²) >= 11 is 9.50. The highest BCUT2D eigenvalue weighted by Gasteiger charge is 2.10. The number of hydrogen-bond acceptors (Lipinski definition) is 3. The molecule has 0 amide bonds. The van der Waals surface area contributed by atoms with E-state index in [2.05, 4.69) is 36.7 Å². The van der Waals surface area contributed by atoms with Crippen LogP contribution in [0.2, 0.25) is 5.02 Å². The summed E-state index contributed by atoms with van der Waals surface area (Å²) in [6.45, 7) is 0.555. The van der Waals surface area contributed by atoms with Crippen LogP contribution in [-0.4, -0.2) is 15.4 Å². The van der Waals surface area contributed by atoms with Gasteiger partial charge in [0.1, 0.15) is 11.4 Å². The van der Waals surface area contributed by atoms with Crippen LogP contribution >= 0.6 is 27.5 Å². The largest absolute Gasteiger partial charge is 0.378 e. The fourth-order valence-corrected chi connectivity index (χ4v) is 2.57. The highest BCUT2D eigenvalue weighted by atomic mass is 79.9. The van der Waals surface area contributed by atoms with Crippen LogP contribution in [0.5, 0.6) is 0 Å². The number of nitrogens with zero attached hydrogens (tertiary/aromatic N) is 2. The van der Waals surface area contributed by atoms with Crippen LogP contribution in [0.25, 0.3) is 11.3 Å². The quantitative estimate of drug-likeness (QED) is 0.717. The lowest BCUT2D eigenvalue weighted by Crippen LogP contribution is -2.02. The normalized spacial score (nSPS) is 10.6. The van der Waals surface area contributed by atoms with Gasteiger partial charge in [-0.1, -0.05) is 41.9 Å². The first-order valence-corrected chi connectivity index (χ1v) is 7.55. The SMILES string of the molecule is Clc1ccc(Br)c(NCc2n[nH]nc2-c2ccccc2)c1. The minimum atomic E-state index is 0.555. The highest BCUT2D eigenvalue weighted by molar-refractivity contribution is 9.10. The number of hydrogen-bond donors (Lipinski definition) is 2. The van der Waals surface area contributed by atoms with Crippen LogP contribution in [-0.2, 0) is 6.54 Å². The van der Waals surface area contributed by atoms with Crippen molar-refractivity contribution < 1.29 is 0 Å². The molecule has 0 aliphatic carbocycles. The van der Waals surface area contributed by atoms with Gasteiger partial charge < -0.3 is 5.32 Å². The van der Waals surface area contributed by atoms with Crippen molar-refractivity contribution in [2.75, 3.05) is 5.32 Å². The van der Waals surface area contributed by atoms with E-state index in [0.29, 0.717) is 11.6 Å². The Morgan fingerprint density at radius 1 is 1.10 bits per heavy atom. The third kappa shape index (κ3) is 3.25. The maximum Gasteiger partial charge on any atom is 0.117 e. The van der Waals surface area contributed by atoms with Gasteiger partial charge in [-0.3, -0.25) is 0 Å². The van der Waals surface area contributed by atoms with Gasteiger partial charge in [0.25, 0.3) is 0 Å². The molecule has 3 rings (SSSR count). The second-order valence-corrected chi connectivity index (χ2v) is 5.75.